The summed E-state index contributed by atoms with van der Waals surface area (Å²) >= 11 is 12.6. The lowest BCUT2D eigenvalue weighted by atomic mass is 10.0. The normalized spacial score (nSPS) is 13.2. The number of benzene rings is 2. The number of fused-ring (bicyclic) bond motifs is 4. The number of carbonyl (C=O) groups is 3. The van der Waals surface area contributed by atoms with E-state index in [0.29, 0.717) is 46.8 Å². The van der Waals surface area contributed by atoms with Crippen LogP contribution in [0.5, 0.6) is 0 Å². The minimum Gasteiger partial charge on any atom is -0.453 e. The van der Waals surface area contributed by atoms with Crippen molar-refractivity contribution in [3.8, 4) is 16.9 Å². The Bertz CT molecular complexity index is 1770. The minimum atomic E-state index is -0.743. The van der Waals surface area contributed by atoms with Crippen LogP contribution in [0.4, 0.5) is 21.9 Å². The van der Waals surface area contributed by atoms with Gasteiger partial charge in [0.05, 0.1) is 29.9 Å². The maximum atomic E-state index is 13.4. The number of aromatic nitrogens is 6. The molecule has 2 aromatic heterocycles. The molecule has 0 fully saturated rings. The summed E-state index contributed by atoms with van der Waals surface area (Å²) in [7, 11) is 1.22. The molecule has 1 aliphatic heterocycles. The second-order valence-corrected chi connectivity index (χ2v) is 10.3. The smallest absolute Gasteiger partial charge is 0.411 e. The maximum absolute atomic E-state index is 13.4. The standard InChI is InChI=1S/C29H25Cl2N9O4/c1-44-29(43)33-20-14-21-27(23-13-18(28(31)37-36-23)6-4-2-3-5-7-25(41)34-21)22(15-20)35-26(42)11-8-17-12-19(30)9-10-24(17)40-16-32-38-39-40/h2-3,8-16H,4-7H2,1H3,(H,33,43)(H,34,41)(H,35,42). The van der Waals surface area contributed by atoms with E-state index in [2.05, 4.69) is 41.7 Å². The highest BCUT2D eigenvalue weighted by molar-refractivity contribution is 6.31. The number of nitrogens with one attached hydrogen (secondary N) is 3. The highest BCUT2D eigenvalue weighted by atomic mass is 35.5. The minimum absolute atomic E-state index is 0.211. The summed E-state index contributed by atoms with van der Waals surface area (Å²) < 4.78 is 6.18. The average molecular weight is 634 g/mol. The van der Waals surface area contributed by atoms with Crippen LogP contribution in [0.2, 0.25) is 10.2 Å². The second kappa shape index (κ2) is 13.9. The van der Waals surface area contributed by atoms with Crippen LogP contribution in [0.3, 0.4) is 0 Å². The lowest BCUT2D eigenvalue weighted by Crippen LogP contribution is -2.17. The van der Waals surface area contributed by atoms with Crippen LogP contribution in [-0.4, -0.2) is 55.4 Å². The summed E-state index contributed by atoms with van der Waals surface area (Å²) in [5.41, 5.74) is 3.37. The third-order valence-corrected chi connectivity index (χ3v) is 7.02. The van der Waals surface area contributed by atoms with E-state index in [1.165, 1.54) is 30.3 Å². The number of tetrazole rings is 1. The van der Waals surface area contributed by atoms with E-state index < -0.39 is 12.0 Å². The zero-order valence-corrected chi connectivity index (χ0v) is 24.8. The van der Waals surface area contributed by atoms with Gasteiger partial charge in [0, 0.05) is 34.3 Å². The van der Waals surface area contributed by atoms with Crippen LogP contribution in [0.1, 0.15) is 30.4 Å². The van der Waals surface area contributed by atoms with Gasteiger partial charge < -0.3 is 15.4 Å². The molecule has 0 radical (unpaired) electrons. The molecule has 2 aromatic carbocycles. The van der Waals surface area contributed by atoms with Crippen LogP contribution in [0.15, 0.2) is 61.0 Å². The fraction of sp³-hybridized carbons (Fsp3) is 0.172. The number of halogens is 2. The van der Waals surface area contributed by atoms with E-state index in [1.807, 2.05) is 12.2 Å². The number of ether oxygens (including phenoxy) is 1. The van der Waals surface area contributed by atoms with Gasteiger partial charge in [0.1, 0.15) is 6.33 Å². The van der Waals surface area contributed by atoms with E-state index in [0.717, 1.165) is 5.56 Å². The molecule has 0 atom stereocenters. The quantitative estimate of drug-likeness (QED) is 0.190. The molecular formula is C29H25Cl2N9O4. The van der Waals surface area contributed by atoms with Crippen molar-refractivity contribution in [1.29, 1.82) is 0 Å². The Balaban J connectivity index is 1.58. The van der Waals surface area contributed by atoms with Crippen LogP contribution < -0.4 is 16.0 Å². The Hall–Kier alpha value is -5.14. The molecule has 5 rings (SSSR count). The van der Waals surface area contributed by atoms with E-state index >= 15 is 0 Å². The summed E-state index contributed by atoms with van der Waals surface area (Å²) in [4.78, 5) is 38.4. The zero-order chi connectivity index (χ0) is 31.1. The van der Waals surface area contributed by atoms with Gasteiger partial charge in [-0.05, 0) is 77.7 Å². The Labute approximate surface area is 261 Å². The van der Waals surface area contributed by atoms with Crippen molar-refractivity contribution < 1.29 is 19.1 Å². The summed E-state index contributed by atoms with van der Waals surface area (Å²) in [6.45, 7) is 0. The second-order valence-electron chi connectivity index (χ2n) is 9.49. The summed E-state index contributed by atoms with van der Waals surface area (Å²) in [6, 6.07) is 9.88. The van der Waals surface area contributed by atoms with Gasteiger partial charge in [-0.1, -0.05) is 35.4 Å². The van der Waals surface area contributed by atoms with Gasteiger partial charge in [-0.2, -0.15) is 4.68 Å². The van der Waals surface area contributed by atoms with Crippen molar-refractivity contribution in [1.82, 2.24) is 30.4 Å². The van der Waals surface area contributed by atoms with Gasteiger partial charge in [-0.15, -0.1) is 15.3 Å². The molecule has 2 bridgehead atoms. The lowest BCUT2D eigenvalue weighted by molar-refractivity contribution is -0.116. The zero-order valence-electron chi connectivity index (χ0n) is 23.3. The number of methoxy groups -OCH3 is 1. The third-order valence-electron chi connectivity index (χ3n) is 6.46. The van der Waals surface area contributed by atoms with E-state index in [4.69, 9.17) is 27.9 Å². The number of hydrogen-bond donors (Lipinski definition) is 3. The molecule has 0 saturated heterocycles. The van der Waals surface area contributed by atoms with Crippen molar-refractivity contribution in [3.63, 3.8) is 0 Å². The third kappa shape index (κ3) is 7.43. The van der Waals surface area contributed by atoms with Gasteiger partial charge in [-0.25, -0.2) is 4.79 Å². The van der Waals surface area contributed by atoms with Crippen molar-refractivity contribution >= 4 is 64.2 Å². The number of nitrogens with zero attached hydrogens (tertiary/aromatic N) is 6. The van der Waals surface area contributed by atoms with Crippen molar-refractivity contribution in [2.45, 2.75) is 25.7 Å². The van der Waals surface area contributed by atoms with Gasteiger partial charge in [0.25, 0.3) is 0 Å². The fourth-order valence-electron chi connectivity index (χ4n) is 4.45. The molecule has 0 unspecified atom stereocenters. The molecule has 13 nitrogen and oxygen atoms in total. The van der Waals surface area contributed by atoms with Crippen LogP contribution in [-0.2, 0) is 20.7 Å². The fourth-order valence-corrected chi connectivity index (χ4v) is 4.82. The Morgan fingerprint density at radius 2 is 1.86 bits per heavy atom. The van der Waals surface area contributed by atoms with Crippen molar-refractivity contribution in [2.24, 2.45) is 0 Å². The first-order valence-electron chi connectivity index (χ1n) is 13.3. The van der Waals surface area contributed by atoms with Gasteiger partial charge >= 0.3 is 6.09 Å². The average Bonchev–Trinajstić information content (AvgIpc) is 3.53. The van der Waals surface area contributed by atoms with Crippen molar-refractivity contribution in [3.05, 3.63) is 82.3 Å². The topological polar surface area (TPSA) is 166 Å². The summed E-state index contributed by atoms with van der Waals surface area (Å²) in [5, 5.41) is 28.6. The predicted octanol–water partition coefficient (Wildman–Crippen LogP) is 5.48. The van der Waals surface area contributed by atoms with Gasteiger partial charge in [0.2, 0.25) is 11.8 Å². The molecular weight excluding hydrogens is 609 g/mol. The molecule has 0 aliphatic carbocycles. The Morgan fingerprint density at radius 1 is 1.05 bits per heavy atom. The molecule has 15 heteroatoms. The molecule has 3 heterocycles. The first-order chi connectivity index (χ1) is 21.3. The SMILES string of the molecule is COC(=O)Nc1cc(NC(=O)C=Cc2cc(Cl)ccc2-n2cnnn2)c2c(c1)NC(=O)CCC=CCCc1cc-2nnc1Cl. The number of rotatable bonds is 5. The van der Waals surface area contributed by atoms with E-state index in [-0.39, 0.29) is 34.5 Å². The van der Waals surface area contributed by atoms with Crippen LogP contribution in [0.25, 0.3) is 23.0 Å². The molecule has 224 valence electrons. The van der Waals surface area contributed by atoms with E-state index in [9.17, 15) is 14.4 Å². The van der Waals surface area contributed by atoms with Crippen molar-refractivity contribution in [2.75, 3.05) is 23.1 Å². The highest BCUT2D eigenvalue weighted by Crippen LogP contribution is 2.39. The highest BCUT2D eigenvalue weighted by Gasteiger charge is 2.21. The Kier molecular flexibility index (Phi) is 9.57. The first-order valence-corrected chi connectivity index (χ1v) is 14.1. The number of hydrogen-bond acceptors (Lipinski definition) is 9. The molecule has 0 spiro atoms. The molecule has 4 aromatic rings. The summed E-state index contributed by atoms with van der Waals surface area (Å²) in [6.07, 6.45) is 9.45. The molecule has 44 heavy (non-hydrogen) atoms. The lowest BCUT2D eigenvalue weighted by Gasteiger charge is -2.18. The number of allylic oxidation sites excluding steroid dienone is 2. The number of carbonyl (C=O) groups excluding carboxylic acids is 3. The molecule has 3 N–H and O–H groups in total. The first kappa shape index (κ1) is 30.3. The van der Waals surface area contributed by atoms with E-state index in [1.54, 1.807) is 36.4 Å². The van der Waals surface area contributed by atoms with Crippen LogP contribution in [0, 0.1) is 0 Å². The number of amides is 3. The monoisotopic (exact) mass is 633 g/mol. The Morgan fingerprint density at radius 3 is 2.64 bits per heavy atom. The summed E-state index contributed by atoms with van der Waals surface area (Å²) in [5.74, 6) is -0.814. The number of anilines is 3. The number of aryl methyl sites for hydroxylation is 1. The largest absolute Gasteiger partial charge is 0.453 e. The van der Waals surface area contributed by atoms with Gasteiger partial charge in [-0.3, -0.25) is 14.9 Å². The van der Waals surface area contributed by atoms with Crippen LogP contribution >= 0.6 is 23.2 Å². The predicted molar refractivity (Wildman–Crippen MR) is 166 cm³/mol. The molecule has 3 amide bonds. The van der Waals surface area contributed by atoms with Gasteiger partial charge in [0.15, 0.2) is 5.15 Å². The molecule has 0 saturated carbocycles. The molecule has 1 aliphatic rings. The maximum Gasteiger partial charge on any atom is 0.411 e.